The lowest BCUT2D eigenvalue weighted by Crippen LogP contribution is -2.27. The largest absolute Gasteiger partial charge is 0.496 e. The fourth-order valence-electron chi connectivity index (χ4n) is 3.93. The summed E-state index contributed by atoms with van der Waals surface area (Å²) in [6.45, 7) is 8.41. The van der Waals surface area contributed by atoms with Crippen LogP contribution < -0.4 is 20.7 Å². The zero-order valence-electron chi connectivity index (χ0n) is 20.6. The van der Waals surface area contributed by atoms with Crippen LogP contribution in [0.25, 0.3) is 11.6 Å². The maximum absolute atomic E-state index is 13.6. The molecular formula is C24H27ClN8O3. The predicted molar refractivity (Wildman–Crippen MR) is 137 cm³/mol. The molecule has 0 aromatic carbocycles. The van der Waals surface area contributed by atoms with E-state index in [2.05, 4.69) is 30.2 Å². The number of nitrogen functional groups attached to an aromatic ring is 1. The number of carbonyl (C=O) groups excluding carboxylic acids is 2. The van der Waals surface area contributed by atoms with E-state index in [-0.39, 0.29) is 46.5 Å². The SMILES string of the molecule is COc1c(C)cnc(CN2C(=O)/C(=C/c3ncc(C(=O)NCC(C)C)[nH]3)c3c(Cl)nc(N)nc32)c1C. The van der Waals surface area contributed by atoms with E-state index in [1.54, 1.807) is 13.3 Å². The van der Waals surface area contributed by atoms with E-state index in [9.17, 15) is 9.59 Å². The van der Waals surface area contributed by atoms with E-state index in [0.717, 1.165) is 11.1 Å². The number of nitrogens with zero attached hydrogens (tertiary/aromatic N) is 5. The summed E-state index contributed by atoms with van der Waals surface area (Å²) >= 11 is 6.41. The first-order chi connectivity index (χ1) is 17.1. The molecule has 4 N–H and O–H groups in total. The molecule has 2 amide bonds. The number of hydrogen-bond acceptors (Lipinski definition) is 8. The minimum absolute atomic E-state index is 0.0345. The molecule has 0 spiro atoms. The third-order valence-electron chi connectivity index (χ3n) is 5.71. The number of imidazole rings is 1. The van der Waals surface area contributed by atoms with Gasteiger partial charge in [0, 0.05) is 23.9 Å². The molecule has 12 heteroatoms. The third-order valence-corrected chi connectivity index (χ3v) is 5.99. The smallest absolute Gasteiger partial charge is 0.269 e. The lowest BCUT2D eigenvalue weighted by Gasteiger charge is -2.19. The van der Waals surface area contributed by atoms with E-state index in [1.807, 2.05) is 27.7 Å². The number of fused-ring (bicyclic) bond motifs is 1. The van der Waals surface area contributed by atoms with Gasteiger partial charge in [-0.1, -0.05) is 25.4 Å². The molecule has 36 heavy (non-hydrogen) atoms. The number of rotatable bonds is 7. The van der Waals surface area contributed by atoms with Crippen LogP contribution >= 0.6 is 11.6 Å². The Kier molecular flexibility index (Phi) is 6.93. The second-order valence-electron chi connectivity index (χ2n) is 8.85. The first-order valence-corrected chi connectivity index (χ1v) is 11.7. The van der Waals surface area contributed by atoms with Crippen LogP contribution in [-0.2, 0) is 11.3 Å². The number of aromatic nitrogens is 5. The van der Waals surface area contributed by atoms with Gasteiger partial charge in [0.2, 0.25) is 5.95 Å². The first-order valence-electron chi connectivity index (χ1n) is 11.3. The van der Waals surface area contributed by atoms with Crippen LogP contribution in [0.4, 0.5) is 11.8 Å². The summed E-state index contributed by atoms with van der Waals surface area (Å²) in [5, 5.41) is 2.85. The molecule has 0 radical (unpaired) electrons. The molecular weight excluding hydrogens is 484 g/mol. The lowest BCUT2D eigenvalue weighted by molar-refractivity contribution is -0.113. The number of nitrogens with two attached hydrogens (primary N) is 1. The summed E-state index contributed by atoms with van der Waals surface area (Å²) in [4.78, 5) is 47.4. The summed E-state index contributed by atoms with van der Waals surface area (Å²) in [7, 11) is 1.59. The Morgan fingerprint density at radius 2 is 2.03 bits per heavy atom. The van der Waals surface area contributed by atoms with Crippen molar-refractivity contribution < 1.29 is 14.3 Å². The quantitative estimate of drug-likeness (QED) is 0.324. The number of ether oxygens (including phenoxy) is 1. The molecule has 4 rings (SSSR count). The Bertz CT molecular complexity index is 1380. The molecule has 188 valence electrons. The van der Waals surface area contributed by atoms with Crippen molar-refractivity contribution in [3.8, 4) is 5.75 Å². The summed E-state index contributed by atoms with van der Waals surface area (Å²) in [6.07, 6.45) is 4.62. The standard InChI is InChI=1S/C24H27ClN8O3/c1-11(2)7-29-22(34)15-9-28-17(30-15)6-14-18-20(25)31-24(26)32-21(18)33(23(14)35)10-16-13(4)19(36-5)12(3)8-27-16/h6,8-9,11H,7,10H2,1-5H3,(H,28,30)(H,29,34)(H2,26,31,32)/b14-6+. The van der Waals surface area contributed by atoms with Crippen LogP contribution in [0.5, 0.6) is 5.75 Å². The number of methoxy groups -OCH3 is 1. The van der Waals surface area contributed by atoms with Crippen molar-refractivity contribution in [1.29, 1.82) is 0 Å². The van der Waals surface area contributed by atoms with Crippen LogP contribution in [0.15, 0.2) is 12.4 Å². The molecule has 0 saturated carbocycles. The molecule has 0 saturated heterocycles. The molecule has 0 atom stereocenters. The van der Waals surface area contributed by atoms with Gasteiger partial charge >= 0.3 is 0 Å². The van der Waals surface area contributed by atoms with Gasteiger partial charge in [0.1, 0.15) is 22.4 Å². The van der Waals surface area contributed by atoms with Crippen LogP contribution in [0.2, 0.25) is 5.15 Å². The van der Waals surface area contributed by atoms with Gasteiger partial charge in [-0.3, -0.25) is 19.5 Å². The second kappa shape index (κ2) is 9.94. The highest BCUT2D eigenvalue weighted by molar-refractivity contribution is 6.41. The molecule has 0 bridgehead atoms. The van der Waals surface area contributed by atoms with Gasteiger partial charge in [0.15, 0.2) is 5.82 Å². The van der Waals surface area contributed by atoms with Crippen molar-refractivity contribution >= 4 is 46.8 Å². The van der Waals surface area contributed by atoms with E-state index in [4.69, 9.17) is 22.1 Å². The number of carbonyl (C=O) groups is 2. The number of aryl methyl sites for hydroxylation is 1. The predicted octanol–water partition coefficient (Wildman–Crippen LogP) is 2.93. The summed E-state index contributed by atoms with van der Waals surface area (Å²) in [5.74, 6) is 0.844. The van der Waals surface area contributed by atoms with Crippen LogP contribution in [0, 0.1) is 19.8 Å². The molecule has 11 nitrogen and oxygen atoms in total. The zero-order valence-corrected chi connectivity index (χ0v) is 21.4. The van der Waals surface area contributed by atoms with Crippen LogP contribution in [0.1, 0.15) is 52.5 Å². The Morgan fingerprint density at radius 1 is 1.28 bits per heavy atom. The van der Waals surface area contributed by atoms with Gasteiger partial charge in [-0.25, -0.2) is 9.97 Å². The minimum atomic E-state index is -0.380. The molecule has 1 aliphatic rings. The minimum Gasteiger partial charge on any atom is -0.496 e. The Balaban J connectivity index is 1.72. The maximum atomic E-state index is 13.6. The third kappa shape index (κ3) is 4.74. The van der Waals surface area contributed by atoms with Gasteiger partial charge in [-0.05, 0) is 25.8 Å². The molecule has 0 unspecified atom stereocenters. The second-order valence-corrected chi connectivity index (χ2v) is 9.21. The van der Waals surface area contributed by atoms with E-state index in [0.29, 0.717) is 35.3 Å². The number of halogens is 1. The monoisotopic (exact) mass is 510 g/mol. The molecule has 3 aromatic heterocycles. The Labute approximate surface area is 213 Å². The van der Waals surface area contributed by atoms with Gasteiger partial charge in [0.25, 0.3) is 11.8 Å². The lowest BCUT2D eigenvalue weighted by atomic mass is 10.1. The highest BCUT2D eigenvalue weighted by Crippen LogP contribution is 2.41. The molecule has 0 fully saturated rings. The summed E-state index contributed by atoms with van der Waals surface area (Å²) < 4.78 is 5.50. The Hall–Kier alpha value is -3.99. The van der Waals surface area contributed by atoms with Gasteiger partial charge in [-0.15, -0.1) is 0 Å². The van der Waals surface area contributed by atoms with Gasteiger partial charge in [0.05, 0.1) is 36.7 Å². The Morgan fingerprint density at radius 3 is 2.72 bits per heavy atom. The van der Waals surface area contributed by atoms with E-state index >= 15 is 0 Å². The van der Waals surface area contributed by atoms with E-state index < -0.39 is 0 Å². The fraction of sp³-hybridized carbons (Fsp3) is 0.333. The van der Waals surface area contributed by atoms with Gasteiger partial charge in [-0.2, -0.15) is 4.98 Å². The number of hydrogen-bond donors (Lipinski definition) is 3. The average molecular weight is 511 g/mol. The molecule has 3 aromatic rings. The van der Waals surface area contributed by atoms with Crippen molar-refractivity contribution in [2.24, 2.45) is 5.92 Å². The molecule has 0 aliphatic carbocycles. The summed E-state index contributed by atoms with van der Waals surface area (Å²) in [6, 6.07) is 0. The van der Waals surface area contributed by atoms with Crippen LogP contribution in [0.3, 0.4) is 0 Å². The van der Waals surface area contributed by atoms with Crippen molar-refractivity contribution in [3.05, 3.63) is 51.4 Å². The van der Waals surface area contributed by atoms with Crippen molar-refractivity contribution in [1.82, 2.24) is 30.2 Å². The average Bonchev–Trinajstić information content (AvgIpc) is 3.38. The highest BCUT2D eigenvalue weighted by Gasteiger charge is 2.37. The molecule has 4 heterocycles. The number of pyridine rings is 1. The van der Waals surface area contributed by atoms with Crippen molar-refractivity contribution in [3.63, 3.8) is 0 Å². The normalized spacial score (nSPS) is 14.0. The first kappa shape index (κ1) is 25.1. The highest BCUT2D eigenvalue weighted by atomic mass is 35.5. The van der Waals surface area contributed by atoms with Crippen molar-refractivity contribution in [2.75, 3.05) is 24.3 Å². The number of anilines is 2. The summed E-state index contributed by atoms with van der Waals surface area (Å²) in [5.41, 5.74) is 8.99. The number of amides is 2. The van der Waals surface area contributed by atoms with Crippen molar-refractivity contribution in [2.45, 2.75) is 34.2 Å². The fourth-order valence-corrected chi connectivity index (χ4v) is 4.20. The topological polar surface area (TPSA) is 152 Å². The van der Waals surface area contributed by atoms with E-state index in [1.165, 1.54) is 17.2 Å². The maximum Gasteiger partial charge on any atom is 0.269 e. The molecule has 1 aliphatic heterocycles. The van der Waals surface area contributed by atoms with Gasteiger partial charge < -0.3 is 20.8 Å². The van der Waals surface area contributed by atoms with Crippen LogP contribution in [-0.4, -0.2) is 50.4 Å². The number of nitrogens with one attached hydrogen (secondary N) is 2. The zero-order chi connectivity index (χ0) is 26.1. The number of aromatic amines is 1. The number of H-pyrrole nitrogens is 1.